The molecule has 0 fully saturated rings. The molecule has 0 radical (unpaired) electrons. The molecule has 2 rings (SSSR count). The number of methoxy groups -OCH3 is 1. The minimum atomic E-state index is 0.122. The Balaban J connectivity index is 2.45. The highest BCUT2D eigenvalue weighted by Gasteiger charge is 2.19. The van der Waals surface area contributed by atoms with E-state index in [0.717, 1.165) is 10.6 Å². The molecule has 0 saturated heterocycles. The third-order valence-corrected chi connectivity index (χ3v) is 5.57. The predicted octanol–water partition coefficient (Wildman–Crippen LogP) is 5.06. The first-order valence-corrected chi connectivity index (χ1v) is 8.13. The number of halogens is 2. The van der Waals surface area contributed by atoms with Crippen LogP contribution in [0.1, 0.15) is 31.3 Å². The van der Waals surface area contributed by atoms with Gasteiger partial charge in [-0.2, -0.15) is 0 Å². The zero-order valence-corrected chi connectivity index (χ0v) is 15.0. The van der Waals surface area contributed by atoms with Gasteiger partial charge >= 0.3 is 0 Å². The van der Waals surface area contributed by atoms with Crippen molar-refractivity contribution in [3.63, 3.8) is 0 Å². The van der Waals surface area contributed by atoms with Gasteiger partial charge in [-0.3, -0.25) is 0 Å². The van der Waals surface area contributed by atoms with Crippen molar-refractivity contribution in [1.29, 1.82) is 0 Å². The molecule has 3 nitrogen and oxygen atoms in total. The highest BCUT2D eigenvalue weighted by molar-refractivity contribution is 9.10. The number of nitrogens with zero attached hydrogens (tertiary/aromatic N) is 2. The standard InChI is InChI=1S/C14H16BrClN2OS/c1-14(2,3)10-6-5-9(20-10)13-17-8(7-19-4)11(15)12(16)18-13/h5-6H,7H2,1-4H3. The third kappa shape index (κ3) is 3.39. The summed E-state index contributed by atoms with van der Waals surface area (Å²) in [6.45, 7) is 6.96. The molecule has 0 bridgehead atoms. The summed E-state index contributed by atoms with van der Waals surface area (Å²) in [4.78, 5) is 11.2. The van der Waals surface area contributed by atoms with Crippen LogP contribution in [0.25, 0.3) is 10.7 Å². The Labute approximate surface area is 136 Å². The van der Waals surface area contributed by atoms with Gasteiger partial charge in [0.2, 0.25) is 0 Å². The Morgan fingerprint density at radius 1 is 1.30 bits per heavy atom. The molecule has 0 aliphatic carbocycles. The van der Waals surface area contributed by atoms with Crippen molar-refractivity contribution in [2.75, 3.05) is 7.11 Å². The highest BCUT2D eigenvalue weighted by Crippen LogP contribution is 2.35. The molecule has 0 atom stereocenters. The zero-order chi connectivity index (χ0) is 14.9. The number of rotatable bonds is 3. The van der Waals surface area contributed by atoms with E-state index < -0.39 is 0 Å². The fourth-order valence-electron chi connectivity index (χ4n) is 1.67. The zero-order valence-electron chi connectivity index (χ0n) is 11.8. The Hall–Kier alpha value is -0.490. The monoisotopic (exact) mass is 374 g/mol. The second kappa shape index (κ2) is 6.10. The third-order valence-electron chi connectivity index (χ3n) is 2.73. The lowest BCUT2D eigenvalue weighted by Crippen LogP contribution is -2.07. The lowest BCUT2D eigenvalue weighted by atomic mass is 9.95. The molecule has 0 amide bonds. The molecule has 6 heteroatoms. The maximum Gasteiger partial charge on any atom is 0.171 e. The maximum atomic E-state index is 6.15. The normalized spacial score (nSPS) is 11.9. The fraction of sp³-hybridized carbons (Fsp3) is 0.429. The van der Waals surface area contributed by atoms with Crippen molar-refractivity contribution in [1.82, 2.24) is 9.97 Å². The molecule has 0 unspecified atom stereocenters. The van der Waals surface area contributed by atoms with Crippen molar-refractivity contribution >= 4 is 38.9 Å². The van der Waals surface area contributed by atoms with E-state index in [-0.39, 0.29) is 5.41 Å². The van der Waals surface area contributed by atoms with Crippen molar-refractivity contribution in [2.45, 2.75) is 32.8 Å². The SMILES string of the molecule is COCc1nc(-c2ccc(C(C)(C)C)s2)nc(Cl)c1Br. The Morgan fingerprint density at radius 2 is 2.00 bits per heavy atom. The van der Waals surface area contributed by atoms with Gasteiger partial charge in [-0.05, 0) is 33.5 Å². The number of ether oxygens (including phenoxy) is 1. The molecule has 0 aliphatic rings. The van der Waals surface area contributed by atoms with Gasteiger partial charge in [0.15, 0.2) is 5.82 Å². The van der Waals surface area contributed by atoms with Crippen molar-refractivity contribution in [3.8, 4) is 10.7 Å². The van der Waals surface area contributed by atoms with E-state index in [2.05, 4.69) is 52.7 Å². The molecule has 2 aromatic heterocycles. The van der Waals surface area contributed by atoms with Crippen molar-refractivity contribution in [3.05, 3.63) is 32.3 Å². The molecule has 20 heavy (non-hydrogen) atoms. The van der Waals surface area contributed by atoms with Crippen LogP contribution in [0.2, 0.25) is 5.15 Å². The summed E-state index contributed by atoms with van der Waals surface area (Å²) < 4.78 is 5.83. The molecule has 0 N–H and O–H groups in total. The number of hydrogen-bond acceptors (Lipinski definition) is 4. The predicted molar refractivity (Wildman–Crippen MR) is 87.5 cm³/mol. The van der Waals surface area contributed by atoms with E-state index in [1.165, 1.54) is 4.88 Å². The molecule has 0 aromatic carbocycles. The summed E-state index contributed by atoms with van der Waals surface area (Å²) in [5.74, 6) is 0.644. The average molecular weight is 376 g/mol. The van der Waals surface area contributed by atoms with E-state index in [4.69, 9.17) is 16.3 Å². The van der Waals surface area contributed by atoms with Crippen LogP contribution < -0.4 is 0 Å². The van der Waals surface area contributed by atoms with Crippen LogP contribution in [0.4, 0.5) is 0 Å². The van der Waals surface area contributed by atoms with E-state index in [0.29, 0.717) is 22.1 Å². The number of thiophene rings is 1. The van der Waals surface area contributed by atoms with Crippen LogP contribution >= 0.6 is 38.9 Å². The first-order valence-electron chi connectivity index (χ1n) is 6.14. The topological polar surface area (TPSA) is 35.0 Å². The first-order chi connectivity index (χ1) is 9.32. The molecule has 2 heterocycles. The van der Waals surface area contributed by atoms with Crippen LogP contribution in [0, 0.1) is 0 Å². The summed E-state index contributed by atoms with van der Waals surface area (Å²) in [7, 11) is 1.63. The largest absolute Gasteiger partial charge is 0.378 e. The van der Waals surface area contributed by atoms with Crippen molar-refractivity contribution in [2.24, 2.45) is 0 Å². The van der Waals surface area contributed by atoms with Gasteiger partial charge in [-0.25, -0.2) is 9.97 Å². The van der Waals surface area contributed by atoms with E-state index >= 15 is 0 Å². The van der Waals surface area contributed by atoms with Gasteiger partial charge in [0.1, 0.15) is 5.15 Å². The van der Waals surface area contributed by atoms with Crippen LogP contribution in [-0.2, 0) is 16.8 Å². The number of hydrogen-bond donors (Lipinski definition) is 0. The van der Waals surface area contributed by atoms with Crippen LogP contribution in [0.15, 0.2) is 16.6 Å². The summed E-state index contributed by atoms with van der Waals surface area (Å²) >= 11 is 11.2. The average Bonchev–Trinajstić information content (AvgIpc) is 2.84. The van der Waals surface area contributed by atoms with Crippen molar-refractivity contribution < 1.29 is 4.74 Å². The number of aromatic nitrogens is 2. The van der Waals surface area contributed by atoms with E-state index in [1.54, 1.807) is 18.4 Å². The summed E-state index contributed by atoms with van der Waals surface area (Å²) in [6, 6.07) is 4.16. The fourth-order valence-corrected chi connectivity index (χ4v) is 3.15. The Morgan fingerprint density at radius 3 is 2.55 bits per heavy atom. The smallest absolute Gasteiger partial charge is 0.171 e. The van der Waals surface area contributed by atoms with Gasteiger partial charge in [0.05, 0.1) is 21.7 Å². The maximum absolute atomic E-state index is 6.15. The molecule has 2 aromatic rings. The summed E-state index contributed by atoms with van der Waals surface area (Å²) in [5.41, 5.74) is 0.880. The molecule has 0 aliphatic heterocycles. The second-order valence-electron chi connectivity index (χ2n) is 5.45. The highest BCUT2D eigenvalue weighted by atomic mass is 79.9. The van der Waals surface area contributed by atoms with Crippen LogP contribution in [0.3, 0.4) is 0 Å². The lowest BCUT2D eigenvalue weighted by Gasteiger charge is -2.15. The van der Waals surface area contributed by atoms with Gasteiger partial charge in [0.25, 0.3) is 0 Å². The summed E-state index contributed by atoms with van der Waals surface area (Å²) in [5, 5.41) is 0.410. The lowest BCUT2D eigenvalue weighted by molar-refractivity contribution is 0.181. The van der Waals surface area contributed by atoms with E-state index in [9.17, 15) is 0 Å². The Kier molecular flexibility index (Phi) is 4.84. The molecular weight excluding hydrogens is 360 g/mol. The first kappa shape index (κ1) is 15.9. The van der Waals surface area contributed by atoms with Crippen LogP contribution in [-0.4, -0.2) is 17.1 Å². The molecular formula is C14H16BrClN2OS. The molecule has 0 spiro atoms. The molecule has 0 saturated carbocycles. The minimum Gasteiger partial charge on any atom is -0.378 e. The summed E-state index contributed by atoms with van der Waals surface area (Å²) in [6.07, 6.45) is 0. The quantitative estimate of drug-likeness (QED) is 0.703. The van der Waals surface area contributed by atoms with Gasteiger partial charge in [0, 0.05) is 12.0 Å². The minimum absolute atomic E-state index is 0.122. The van der Waals surface area contributed by atoms with E-state index in [1.807, 2.05) is 6.07 Å². The Bertz CT molecular complexity index is 622. The van der Waals surface area contributed by atoms with Crippen LogP contribution in [0.5, 0.6) is 0 Å². The van der Waals surface area contributed by atoms with Gasteiger partial charge in [-0.1, -0.05) is 32.4 Å². The molecule has 108 valence electrons. The van der Waals surface area contributed by atoms with Gasteiger partial charge < -0.3 is 4.74 Å². The van der Waals surface area contributed by atoms with Gasteiger partial charge in [-0.15, -0.1) is 11.3 Å². The second-order valence-corrected chi connectivity index (χ2v) is 7.68.